The number of Topliss-reactive ketones (excluding diaryl/α,β-unsaturated/α-hetero) is 1. The van der Waals surface area contributed by atoms with Crippen LogP contribution in [-0.2, 0) is 4.79 Å². The second kappa shape index (κ2) is 9.20. The highest BCUT2D eigenvalue weighted by Gasteiger charge is 1.97. The molecule has 0 fully saturated rings. The van der Waals surface area contributed by atoms with Crippen LogP contribution in [0.15, 0.2) is 0 Å². The summed E-state index contributed by atoms with van der Waals surface area (Å²) in [6.07, 6.45) is 6.24. The van der Waals surface area contributed by atoms with E-state index in [1.54, 1.807) is 0 Å². The van der Waals surface area contributed by atoms with Gasteiger partial charge in [0.15, 0.2) is 5.78 Å². The first kappa shape index (κ1) is 12.1. The molecule has 0 aromatic heterocycles. The van der Waals surface area contributed by atoms with Crippen LogP contribution < -0.4 is 0 Å². The zero-order valence-corrected chi connectivity index (χ0v) is 8.98. The van der Waals surface area contributed by atoms with Gasteiger partial charge in [0, 0.05) is 11.8 Å². The third kappa shape index (κ3) is 8.21. The number of hydrogen-bond donors (Lipinski definition) is 1. The fraction of sp³-hybridized carbons (Fsp3) is 0.889. The molecule has 0 saturated carbocycles. The first-order chi connectivity index (χ1) is 5.81. The van der Waals surface area contributed by atoms with E-state index in [1.807, 2.05) is 0 Å². The second-order valence-corrected chi connectivity index (χ2v) is 3.70. The Kier molecular flexibility index (Phi) is 9.28. The standard InChI is InChI=1S/C9H17BrO2/c10-7-5-3-1-2-4-6-9(12)8-11/h11H,1-8H2. The molecule has 0 aliphatic rings. The average molecular weight is 237 g/mol. The minimum absolute atomic E-state index is 0.0320. The van der Waals surface area contributed by atoms with Crippen molar-refractivity contribution in [2.75, 3.05) is 11.9 Å². The van der Waals surface area contributed by atoms with Gasteiger partial charge >= 0.3 is 0 Å². The van der Waals surface area contributed by atoms with Crippen molar-refractivity contribution in [1.29, 1.82) is 0 Å². The zero-order chi connectivity index (χ0) is 9.23. The molecule has 1 N–H and O–H groups in total. The Hall–Kier alpha value is 0.110. The maximum atomic E-state index is 10.6. The molecular formula is C9H17BrO2. The maximum Gasteiger partial charge on any atom is 0.158 e. The Bertz CT molecular complexity index is 115. The van der Waals surface area contributed by atoms with E-state index in [0.29, 0.717) is 6.42 Å². The molecule has 0 heterocycles. The summed E-state index contributed by atoms with van der Waals surface area (Å²) in [7, 11) is 0. The van der Waals surface area contributed by atoms with Crippen LogP contribution in [-0.4, -0.2) is 22.8 Å². The maximum absolute atomic E-state index is 10.6. The van der Waals surface area contributed by atoms with E-state index in [4.69, 9.17) is 5.11 Å². The molecule has 72 valence electrons. The van der Waals surface area contributed by atoms with E-state index < -0.39 is 0 Å². The van der Waals surface area contributed by atoms with Crippen molar-refractivity contribution in [3.8, 4) is 0 Å². The molecule has 0 unspecified atom stereocenters. The number of ketones is 1. The van der Waals surface area contributed by atoms with Crippen LogP contribution in [0.4, 0.5) is 0 Å². The van der Waals surface area contributed by atoms with Crippen molar-refractivity contribution < 1.29 is 9.90 Å². The number of hydrogen-bond acceptors (Lipinski definition) is 2. The summed E-state index contributed by atoms with van der Waals surface area (Å²) in [5.41, 5.74) is 0. The van der Waals surface area contributed by atoms with Gasteiger partial charge in [0.25, 0.3) is 0 Å². The van der Waals surface area contributed by atoms with E-state index in [9.17, 15) is 4.79 Å². The number of halogens is 1. The van der Waals surface area contributed by atoms with Crippen molar-refractivity contribution in [2.24, 2.45) is 0 Å². The lowest BCUT2D eigenvalue weighted by Crippen LogP contribution is -2.02. The minimum Gasteiger partial charge on any atom is -0.389 e. The topological polar surface area (TPSA) is 37.3 Å². The summed E-state index contributed by atoms with van der Waals surface area (Å²) >= 11 is 3.37. The number of rotatable bonds is 8. The summed E-state index contributed by atoms with van der Waals surface area (Å²) in [6.45, 7) is -0.290. The van der Waals surface area contributed by atoms with E-state index in [0.717, 1.165) is 18.2 Å². The van der Waals surface area contributed by atoms with Crippen molar-refractivity contribution in [3.63, 3.8) is 0 Å². The Labute approximate surface area is 82.5 Å². The lowest BCUT2D eigenvalue weighted by Gasteiger charge is -1.98. The molecule has 0 saturated heterocycles. The van der Waals surface area contributed by atoms with E-state index in [2.05, 4.69) is 15.9 Å². The van der Waals surface area contributed by atoms with Gasteiger partial charge in [-0.05, 0) is 12.8 Å². The Balaban J connectivity index is 2.95. The second-order valence-electron chi connectivity index (χ2n) is 2.90. The predicted molar refractivity (Wildman–Crippen MR) is 53.6 cm³/mol. The summed E-state index contributed by atoms with van der Waals surface area (Å²) in [4.78, 5) is 10.6. The quantitative estimate of drug-likeness (QED) is 0.519. The van der Waals surface area contributed by atoms with Gasteiger partial charge in [0.1, 0.15) is 6.61 Å². The van der Waals surface area contributed by atoms with Gasteiger partial charge in [-0.25, -0.2) is 0 Å². The Morgan fingerprint density at radius 2 is 1.67 bits per heavy atom. The van der Waals surface area contributed by atoms with E-state index >= 15 is 0 Å². The molecule has 0 atom stereocenters. The van der Waals surface area contributed by atoms with Crippen LogP contribution in [0.5, 0.6) is 0 Å². The Morgan fingerprint density at radius 3 is 2.25 bits per heavy atom. The first-order valence-electron chi connectivity index (χ1n) is 4.49. The molecule has 12 heavy (non-hydrogen) atoms. The highest BCUT2D eigenvalue weighted by Crippen LogP contribution is 2.06. The van der Waals surface area contributed by atoms with Crippen LogP contribution in [0, 0.1) is 0 Å². The van der Waals surface area contributed by atoms with Crippen LogP contribution in [0.25, 0.3) is 0 Å². The minimum atomic E-state index is -0.290. The number of unbranched alkanes of at least 4 members (excludes halogenated alkanes) is 4. The Morgan fingerprint density at radius 1 is 1.08 bits per heavy atom. The van der Waals surface area contributed by atoms with Gasteiger partial charge < -0.3 is 5.11 Å². The number of carbonyl (C=O) groups excluding carboxylic acids is 1. The van der Waals surface area contributed by atoms with Crippen molar-refractivity contribution in [3.05, 3.63) is 0 Å². The van der Waals surface area contributed by atoms with Gasteiger partial charge in [-0.15, -0.1) is 0 Å². The van der Waals surface area contributed by atoms with Gasteiger partial charge in [-0.1, -0.05) is 35.2 Å². The third-order valence-corrected chi connectivity index (χ3v) is 2.33. The molecule has 3 heteroatoms. The third-order valence-electron chi connectivity index (χ3n) is 1.77. The average Bonchev–Trinajstić information content (AvgIpc) is 2.10. The molecule has 0 radical (unpaired) electrons. The normalized spacial score (nSPS) is 10.2. The summed E-state index contributed by atoms with van der Waals surface area (Å²) in [5.74, 6) is -0.0320. The van der Waals surface area contributed by atoms with Gasteiger partial charge in [0.2, 0.25) is 0 Å². The van der Waals surface area contributed by atoms with Crippen molar-refractivity contribution >= 4 is 21.7 Å². The zero-order valence-electron chi connectivity index (χ0n) is 7.39. The molecule has 0 aromatic rings. The molecular weight excluding hydrogens is 220 g/mol. The largest absolute Gasteiger partial charge is 0.389 e. The van der Waals surface area contributed by atoms with E-state index in [-0.39, 0.29) is 12.4 Å². The summed E-state index contributed by atoms with van der Waals surface area (Å²) in [5, 5.41) is 9.49. The number of aliphatic hydroxyl groups is 1. The fourth-order valence-corrected chi connectivity index (χ4v) is 1.42. The van der Waals surface area contributed by atoms with Crippen LogP contribution in [0.2, 0.25) is 0 Å². The predicted octanol–water partition coefficient (Wildman–Crippen LogP) is 2.28. The SMILES string of the molecule is O=C(CO)CCCCCCCBr. The van der Waals surface area contributed by atoms with Gasteiger partial charge in [-0.2, -0.15) is 0 Å². The summed E-state index contributed by atoms with van der Waals surface area (Å²) in [6, 6.07) is 0. The number of alkyl halides is 1. The highest BCUT2D eigenvalue weighted by molar-refractivity contribution is 9.09. The molecule has 0 spiro atoms. The monoisotopic (exact) mass is 236 g/mol. The fourth-order valence-electron chi connectivity index (χ4n) is 1.03. The molecule has 0 rings (SSSR count). The van der Waals surface area contributed by atoms with Crippen LogP contribution in [0.1, 0.15) is 38.5 Å². The number of carbonyl (C=O) groups is 1. The lowest BCUT2D eigenvalue weighted by atomic mass is 10.1. The lowest BCUT2D eigenvalue weighted by molar-refractivity contribution is -0.121. The van der Waals surface area contributed by atoms with Crippen LogP contribution >= 0.6 is 15.9 Å². The summed E-state index contributed by atoms with van der Waals surface area (Å²) < 4.78 is 0. The van der Waals surface area contributed by atoms with Gasteiger partial charge in [-0.3, -0.25) is 4.79 Å². The number of aliphatic hydroxyl groups excluding tert-OH is 1. The first-order valence-corrected chi connectivity index (χ1v) is 5.62. The van der Waals surface area contributed by atoms with Gasteiger partial charge in [0.05, 0.1) is 0 Å². The molecule has 0 aliphatic heterocycles. The molecule has 0 aromatic carbocycles. The molecule has 0 amide bonds. The smallest absolute Gasteiger partial charge is 0.158 e. The van der Waals surface area contributed by atoms with E-state index in [1.165, 1.54) is 19.3 Å². The molecule has 0 aliphatic carbocycles. The van der Waals surface area contributed by atoms with Crippen molar-refractivity contribution in [1.82, 2.24) is 0 Å². The highest BCUT2D eigenvalue weighted by atomic mass is 79.9. The molecule has 2 nitrogen and oxygen atoms in total. The molecule has 0 bridgehead atoms. The van der Waals surface area contributed by atoms with Crippen LogP contribution in [0.3, 0.4) is 0 Å². The van der Waals surface area contributed by atoms with Crippen molar-refractivity contribution in [2.45, 2.75) is 38.5 Å².